The fourth-order valence-electron chi connectivity index (χ4n) is 2.75. The molecule has 0 aliphatic carbocycles. The molecule has 0 radical (unpaired) electrons. The minimum atomic E-state index is -0.141. The Bertz CT molecular complexity index is 954. The number of ether oxygens (including phenoxy) is 2. The summed E-state index contributed by atoms with van der Waals surface area (Å²) >= 11 is 0. The minimum absolute atomic E-state index is 0.141. The van der Waals surface area contributed by atoms with Crippen molar-refractivity contribution in [1.29, 1.82) is 0 Å². The Morgan fingerprint density at radius 1 is 1.17 bits per heavy atom. The van der Waals surface area contributed by atoms with E-state index in [1.807, 2.05) is 42.3 Å². The monoisotopic (exact) mass is 324 g/mol. The van der Waals surface area contributed by atoms with Crippen molar-refractivity contribution in [2.45, 2.75) is 13.2 Å². The molecule has 0 unspecified atom stereocenters. The van der Waals surface area contributed by atoms with E-state index in [9.17, 15) is 4.79 Å². The van der Waals surface area contributed by atoms with Gasteiger partial charge in [0, 0.05) is 6.54 Å². The zero-order valence-corrected chi connectivity index (χ0v) is 13.2. The van der Waals surface area contributed by atoms with Gasteiger partial charge in [-0.15, -0.1) is 5.10 Å². The predicted molar refractivity (Wildman–Crippen MR) is 87.8 cm³/mol. The van der Waals surface area contributed by atoms with E-state index in [1.54, 1.807) is 12.1 Å². The third-order valence-corrected chi connectivity index (χ3v) is 3.89. The Morgan fingerprint density at radius 2 is 2.00 bits per heavy atom. The van der Waals surface area contributed by atoms with Crippen molar-refractivity contribution >= 4 is 10.9 Å². The first-order valence-corrected chi connectivity index (χ1v) is 7.60. The van der Waals surface area contributed by atoms with Crippen molar-refractivity contribution in [2.24, 2.45) is 0 Å². The van der Waals surface area contributed by atoms with Crippen LogP contribution in [0.4, 0.5) is 0 Å². The number of rotatable bonds is 4. The quantitative estimate of drug-likeness (QED) is 0.726. The molecule has 2 heterocycles. The third-order valence-electron chi connectivity index (χ3n) is 3.89. The van der Waals surface area contributed by atoms with Crippen LogP contribution in [0.1, 0.15) is 5.56 Å². The average molecular weight is 324 g/mol. The number of nitrogens with zero attached hydrogens (tertiary/aromatic N) is 4. The average Bonchev–Trinajstić information content (AvgIpc) is 3.05. The van der Waals surface area contributed by atoms with E-state index in [1.165, 1.54) is 4.68 Å². The molecule has 7 nitrogen and oxygen atoms in total. The van der Waals surface area contributed by atoms with Gasteiger partial charge in [-0.3, -0.25) is 9.69 Å². The summed E-state index contributed by atoms with van der Waals surface area (Å²) in [6.45, 7) is 1.26. The first-order valence-electron chi connectivity index (χ1n) is 7.60. The number of benzene rings is 2. The van der Waals surface area contributed by atoms with Gasteiger partial charge in [-0.2, -0.15) is 4.68 Å². The summed E-state index contributed by atoms with van der Waals surface area (Å²) in [7, 11) is 1.92. The summed E-state index contributed by atoms with van der Waals surface area (Å²) in [5, 5.41) is 8.69. The molecule has 7 heteroatoms. The Hall–Kier alpha value is -2.93. The van der Waals surface area contributed by atoms with Gasteiger partial charge in [0.05, 0.1) is 12.1 Å². The second kappa shape index (κ2) is 5.93. The molecule has 122 valence electrons. The van der Waals surface area contributed by atoms with Crippen molar-refractivity contribution in [3.05, 3.63) is 58.4 Å². The smallest absolute Gasteiger partial charge is 0.278 e. The van der Waals surface area contributed by atoms with Gasteiger partial charge < -0.3 is 9.47 Å². The Kier molecular flexibility index (Phi) is 3.62. The van der Waals surface area contributed by atoms with Crippen molar-refractivity contribution in [2.75, 3.05) is 13.8 Å². The molecule has 2 aromatic carbocycles. The van der Waals surface area contributed by atoms with E-state index in [2.05, 4.69) is 10.3 Å². The van der Waals surface area contributed by atoms with Crippen LogP contribution in [0, 0.1) is 0 Å². The molecule has 0 bridgehead atoms. The number of fused-ring (bicyclic) bond motifs is 2. The summed E-state index contributed by atoms with van der Waals surface area (Å²) in [6.07, 6.45) is 0. The molecule has 1 aliphatic heterocycles. The van der Waals surface area contributed by atoms with Crippen LogP contribution in [-0.2, 0) is 13.2 Å². The summed E-state index contributed by atoms with van der Waals surface area (Å²) < 4.78 is 12.1. The fourth-order valence-corrected chi connectivity index (χ4v) is 2.75. The minimum Gasteiger partial charge on any atom is -0.454 e. The van der Waals surface area contributed by atoms with E-state index in [4.69, 9.17) is 9.47 Å². The highest BCUT2D eigenvalue weighted by Gasteiger charge is 2.14. The Balaban J connectivity index is 1.53. The lowest BCUT2D eigenvalue weighted by molar-refractivity contribution is 0.174. The second-order valence-corrected chi connectivity index (χ2v) is 5.75. The third kappa shape index (κ3) is 2.69. The van der Waals surface area contributed by atoms with Crippen LogP contribution in [0.2, 0.25) is 0 Å². The summed E-state index contributed by atoms with van der Waals surface area (Å²) in [4.78, 5) is 14.5. The largest absolute Gasteiger partial charge is 0.454 e. The van der Waals surface area contributed by atoms with E-state index >= 15 is 0 Å². The van der Waals surface area contributed by atoms with Gasteiger partial charge in [0.15, 0.2) is 11.5 Å². The van der Waals surface area contributed by atoms with Gasteiger partial charge in [-0.1, -0.05) is 23.4 Å². The van der Waals surface area contributed by atoms with Crippen LogP contribution in [0.15, 0.2) is 47.3 Å². The lowest BCUT2D eigenvalue weighted by Crippen LogP contribution is -2.32. The molecule has 1 aliphatic rings. The highest BCUT2D eigenvalue weighted by Crippen LogP contribution is 2.32. The summed E-state index contributed by atoms with van der Waals surface area (Å²) in [6, 6.07) is 13.0. The van der Waals surface area contributed by atoms with E-state index < -0.39 is 0 Å². The maximum absolute atomic E-state index is 12.5. The molecule has 0 atom stereocenters. The van der Waals surface area contributed by atoms with Crippen LogP contribution < -0.4 is 15.0 Å². The van der Waals surface area contributed by atoms with Crippen LogP contribution in [-0.4, -0.2) is 33.7 Å². The van der Waals surface area contributed by atoms with E-state index in [-0.39, 0.29) is 12.4 Å². The van der Waals surface area contributed by atoms with Crippen LogP contribution >= 0.6 is 0 Å². The van der Waals surface area contributed by atoms with Gasteiger partial charge in [0.25, 0.3) is 5.56 Å². The predicted octanol–water partition coefficient (Wildman–Crippen LogP) is 1.61. The first kappa shape index (κ1) is 14.6. The van der Waals surface area contributed by atoms with E-state index in [0.717, 1.165) is 17.1 Å². The summed E-state index contributed by atoms with van der Waals surface area (Å²) in [5.41, 5.74) is 1.54. The molecule has 1 aromatic heterocycles. The molecule has 24 heavy (non-hydrogen) atoms. The van der Waals surface area contributed by atoms with Crippen LogP contribution in [0.3, 0.4) is 0 Å². The molecule has 0 saturated heterocycles. The highest BCUT2D eigenvalue weighted by atomic mass is 16.7. The molecule has 0 saturated carbocycles. The molecule has 3 aromatic rings. The Labute approximate surface area is 138 Å². The zero-order valence-electron chi connectivity index (χ0n) is 13.2. The van der Waals surface area contributed by atoms with Crippen LogP contribution in [0.25, 0.3) is 10.9 Å². The van der Waals surface area contributed by atoms with Gasteiger partial charge in [0.2, 0.25) is 6.79 Å². The zero-order chi connectivity index (χ0) is 16.5. The number of hydrogen-bond acceptors (Lipinski definition) is 6. The molecular formula is C17H16N4O3. The fraction of sp³-hybridized carbons (Fsp3) is 0.235. The first-order chi connectivity index (χ1) is 11.7. The van der Waals surface area contributed by atoms with Crippen LogP contribution in [0.5, 0.6) is 11.5 Å². The lowest BCUT2D eigenvalue weighted by atomic mass is 10.2. The van der Waals surface area contributed by atoms with Gasteiger partial charge in [-0.25, -0.2) is 0 Å². The molecular weight excluding hydrogens is 308 g/mol. The standard InChI is InChI=1S/C17H16N4O3/c1-20(9-12-6-7-15-16(8-12)24-11-23-15)10-21-17(22)13-4-2-3-5-14(13)18-19-21/h2-8H,9-11H2,1H3. The molecule has 0 spiro atoms. The van der Waals surface area contributed by atoms with Crippen molar-refractivity contribution in [1.82, 2.24) is 19.9 Å². The molecule has 0 amide bonds. The Morgan fingerprint density at radius 3 is 2.92 bits per heavy atom. The van der Waals surface area contributed by atoms with E-state index in [0.29, 0.717) is 24.1 Å². The summed E-state index contributed by atoms with van der Waals surface area (Å²) in [5.74, 6) is 1.52. The van der Waals surface area contributed by atoms with Gasteiger partial charge in [-0.05, 0) is 36.9 Å². The second-order valence-electron chi connectivity index (χ2n) is 5.75. The lowest BCUT2D eigenvalue weighted by Gasteiger charge is -2.17. The van der Waals surface area contributed by atoms with Crippen molar-refractivity contribution in [3.8, 4) is 11.5 Å². The maximum Gasteiger partial charge on any atom is 0.278 e. The van der Waals surface area contributed by atoms with Crippen molar-refractivity contribution in [3.63, 3.8) is 0 Å². The number of hydrogen-bond donors (Lipinski definition) is 0. The molecule has 4 rings (SSSR count). The topological polar surface area (TPSA) is 69.5 Å². The highest BCUT2D eigenvalue weighted by molar-refractivity contribution is 5.76. The molecule has 0 fully saturated rings. The number of aromatic nitrogens is 3. The SMILES string of the molecule is CN(Cc1ccc2c(c1)OCO2)Cn1nnc2ccccc2c1=O. The van der Waals surface area contributed by atoms with Crippen molar-refractivity contribution < 1.29 is 9.47 Å². The van der Waals surface area contributed by atoms with Gasteiger partial charge in [0.1, 0.15) is 5.52 Å². The normalized spacial score (nSPS) is 12.9. The molecule has 0 N–H and O–H groups in total. The van der Waals surface area contributed by atoms with Gasteiger partial charge >= 0.3 is 0 Å². The maximum atomic E-state index is 12.5.